The first-order valence-corrected chi connectivity index (χ1v) is 7.77. The lowest BCUT2D eigenvalue weighted by Gasteiger charge is -2.15. The fourth-order valence-electron chi connectivity index (χ4n) is 1.93. The van der Waals surface area contributed by atoms with Gasteiger partial charge in [0.15, 0.2) is 6.10 Å². The number of anilines is 1. The smallest absolute Gasteiger partial charge is 0.342 e. The predicted octanol–water partition coefficient (Wildman–Crippen LogP) is 4.19. The minimum atomic E-state index is -1.01. The molecule has 1 atom stereocenters. The highest BCUT2D eigenvalue weighted by Crippen LogP contribution is 2.24. The first-order valence-electron chi connectivity index (χ1n) is 7.01. The lowest BCUT2D eigenvalue weighted by Crippen LogP contribution is -2.30. The lowest BCUT2D eigenvalue weighted by molar-refractivity contribution is -0.123. The van der Waals surface area contributed by atoms with Crippen molar-refractivity contribution >= 4 is 40.8 Å². The van der Waals surface area contributed by atoms with Crippen molar-refractivity contribution in [1.29, 1.82) is 0 Å². The molecule has 0 radical (unpaired) electrons. The standard InChI is InChI=1S/C17H15Cl2NO4/c1-10(16(21)20-13-5-3-4-11(18)8-13)24-17(22)14-9-12(19)6-7-15(14)23-2/h3-10H,1-2H3,(H,20,21)/t10-/m1/s1. The number of amides is 1. The zero-order chi connectivity index (χ0) is 17.7. The van der Waals surface area contributed by atoms with Gasteiger partial charge in [-0.05, 0) is 43.3 Å². The number of hydrogen-bond acceptors (Lipinski definition) is 4. The van der Waals surface area contributed by atoms with E-state index < -0.39 is 18.0 Å². The van der Waals surface area contributed by atoms with E-state index in [1.165, 1.54) is 20.1 Å². The van der Waals surface area contributed by atoms with Crippen LogP contribution in [0.15, 0.2) is 42.5 Å². The number of hydrogen-bond donors (Lipinski definition) is 1. The average molecular weight is 368 g/mol. The monoisotopic (exact) mass is 367 g/mol. The second-order valence-corrected chi connectivity index (χ2v) is 5.76. The zero-order valence-corrected chi connectivity index (χ0v) is 14.5. The van der Waals surface area contributed by atoms with E-state index in [-0.39, 0.29) is 5.56 Å². The SMILES string of the molecule is COc1ccc(Cl)cc1C(=O)O[C@H](C)C(=O)Nc1cccc(Cl)c1. The van der Waals surface area contributed by atoms with Crippen molar-refractivity contribution in [2.24, 2.45) is 0 Å². The Morgan fingerprint density at radius 2 is 1.79 bits per heavy atom. The summed E-state index contributed by atoms with van der Waals surface area (Å²) >= 11 is 11.7. The van der Waals surface area contributed by atoms with E-state index in [9.17, 15) is 9.59 Å². The molecule has 0 saturated heterocycles. The first-order chi connectivity index (χ1) is 11.4. The van der Waals surface area contributed by atoms with Crippen LogP contribution in [-0.4, -0.2) is 25.1 Å². The van der Waals surface area contributed by atoms with Gasteiger partial charge in [0.2, 0.25) is 0 Å². The summed E-state index contributed by atoms with van der Waals surface area (Å²) < 4.78 is 10.3. The molecule has 0 heterocycles. The van der Waals surface area contributed by atoms with Crippen LogP contribution in [0.4, 0.5) is 5.69 Å². The summed E-state index contributed by atoms with van der Waals surface area (Å²) in [5.74, 6) is -0.874. The summed E-state index contributed by atoms with van der Waals surface area (Å²) in [5.41, 5.74) is 0.656. The number of ether oxygens (including phenoxy) is 2. The van der Waals surface area contributed by atoms with E-state index >= 15 is 0 Å². The van der Waals surface area contributed by atoms with Crippen molar-refractivity contribution in [2.75, 3.05) is 12.4 Å². The van der Waals surface area contributed by atoms with E-state index in [0.29, 0.717) is 21.5 Å². The molecule has 0 aromatic heterocycles. The molecule has 0 saturated carbocycles. The van der Waals surface area contributed by atoms with Crippen LogP contribution >= 0.6 is 23.2 Å². The molecule has 0 bridgehead atoms. The van der Waals surface area contributed by atoms with Crippen molar-refractivity contribution in [3.8, 4) is 5.75 Å². The summed E-state index contributed by atoms with van der Waals surface area (Å²) in [7, 11) is 1.43. The number of carbonyl (C=O) groups is 2. The summed E-state index contributed by atoms with van der Waals surface area (Å²) in [6, 6.07) is 11.2. The van der Waals surface area contributed by atoms with E-state index in [1.807, 2.05) is 0 Å². The maximum atomic E-state index is 12.2. The van der Waals surface area contributed by atoms with Crippen LogP contribution in [0.25, 0.3) is 0 Å². The molecule has 126 valence electrons. The Morgan fingerprint density at radius 3 is 2.46 bits per heavy atom. The number of halogens is 2. The third kappa shape index (κ3) is 4.63. The van der Waals surface area contributed by atoms with Crippen LogP contribution < -0.4 is 10.1 Å². The van der Waals surface area contributed by atoms with Crippen LogP contribution in [0.3, 0.4) is 0 Å². The predicted molar refractivity (Wildman–Crippen MR) is 93.0 cm³/mol. The molecular formula is C17H15Cl2NO4. The number of carbonyl (C=O) groups excluding carboxylic acids is 2. The Bertz CT molecular complexity index is 764. The Balaban J connectivity index is 2.06. The third-order valence-electron chi connectivity index (χ3n) is 3.13. The molecule has 0 unspecified atom stereocenters. The molecule has 1 amide bonds. The first kappa shape index (κ1) is 18.1. The topological polar surface area (TPSA) is 64.6 Å². The number of methoxy groups -OCH3 is 1. The second-order valence-electron chi connectivity index (χ2n) is 4.89. The van der Waals surface area contributed by atoms with Gasteiger partial charge in [0.05, 0.1) is 7.11 Å². The summed E-state index contributed by atoms with van der Waals surface area (Å²) in [5, 5.41) is 3.47. The van der Waals surface area contributed by atoms with Gasteiger partial charge in [-0.25, -0.2) is 4.79 Å². The fraction of sp³-hybridized carbons (Fsp3) is 0.176. The van der Waals surface area contributed by atoms with Crippen LogP contribution in [0.1, 0.15) is 17.3 Å². The van der Waals surface area contributed by atoms with Crippen molar-refractivity contribution < 1.29 is 19.1 Å². The normalized spacial score (nSPS) is 11.5. The number of esters is 1. The van der Waals surface area contributed by atoms with Crippen LogP contribution in [-0.2, 0) is 9.53 Å². The van der Waals surface area contributed by atoms with E-state index in [1.54, 1.807) is 36.4 Å². The quantitative estimate of drug-likeness (QED) is 0.804. The van der Waals surface area contributed by atoms with E-state index in [4.69, 9.17) is 32.7 Å². The van der Waals surface area contributed by atoms with E-state index in [0.717, 1.165) is 0 Å². The lowest BCUT2D eigenvalue weighted by atomic mass is 10.2. The van der Waals surface area contributed by atoms with Crippen molar-refractivity contribution in [3.63, 3.8) is 0 Å². The van der Waals surface area contributed by atoms with Gasteiger partial charge < -0.3 is 14.8 Å². The van der Waals surface area contributed by atoms with E-state index in [2.05, 4.69) is 5.32 Å². The molecule has 0 aliphatic rings. The molecule has 5 nitrogen and oxygen atoms in total. The molecule has 1 N–H and O–H groups in total. The fourth-order valence-corrected chi connectivity index (χ4v) is 2.29. The van der Waals surface area contributed by atoms with Crippen LogP contribution in [0, 0.1) is 0 Å². The Labute approximate surface area is 149 Å². The van der Waals surface area contributed by atoms with Gasteiger partial charge >= 0.3 is 5.97 Å². The van der Waals surface area contributed by atoms with Gasteiger partial charge in [-0.1, -0.05) is 29.3 Å². The zero-order valence-electron chi connectivity index (χ0n) is 13.0. The molecular weight excluding hydrogens is 353 g/mol. The molecule has 0 fully saturated rings. The summed E-state index contributed by atoms with van der Waals surface area (Å²) in [4.78, 5) is 24.4. The maximum absolute atomic E-state index is 12.2. The molecule has 7 heteroatoms. The van der Waals surface area contributed by atoms with Gasteiger partial charge in [-0.2, -0.15) is 0 Å². The second kappa shape index (κ2) is 8.04. The number of rotatable bonds is 5. The van der Waals surface area contributed by atoms with Crippen LogP contribution in [0.2, 0.25) is 10.0 Å². The van der Waals surface area contributed by atoms with Crippen molar-refractivity contribution in [1.82, 2.24) is 0 Å². The highest BCUT2D eigenvalue weighted by molar-refractivity contribution is 6.31. The Morgan fingerprint density at radius 1 is 1.08 bits per heavy atom. The molecule has 2 aromatic rings. The Kier molecular flexibility index (Phi) is 6.06. The maximum Gasteiger partial charge on any atom is 0.342 e. The minimum absolute atomic E-state index is 0.146. The average Bonchev–Trinajstić information content (AvgIpc) is 2.54. The molecule has 0 aliphatic heterocycles. The molecule has 24 heavy (non-hydrogen) atoms. The molecule has 0 spiro atoms. The van der Waals surface area contributed by atoms with Gasteiger partial charge in [0, 0.05) is 15.7 Å². The highest BCUT2D eigenvalue weighted by Gasteiger charge is 2.21. The van der Waals surface area contributed by atoms with Gasteiger partial charge in [0.1, 0.15) is 11.3 Å². The van der Waals surface area contributed by atoms with Crippen LogP contribution in [0.5, 0.6) is 5.75 Å². The molecule has 0 aliphatic carbocycles. The van der Waals surface area contributed by atoms with Crippen molar-refractivity contribution in [3.05, 3.63) is 58.1 Å². The third-order valence-corrected chi connectivity index (χ3v) is 3.60. The number of nitrogens with one attached hydrogen (secondary N) is 1. The summed E-state index contributed by atoms with van der Waals surface area (Å²) in [6.45, 7) is 1.47. The van der Waals surface area contributed by atoms with Crippen molar-refractivity contribution in [2.45, 2.75) is 13.0 Å². The van der Waals surface area contributed by atoms with Gasteiger partial charge in [-0.3, -0.25) is 4.79 Å². The minimum Gasteiger partial charge on any atom is -0.496 e. The Hall–Kier alpha value is -2.24. The molecule has 2 rings (SSSR count). The van der Waals surface area contributed by atoms with Gasteiger partial charge in [0.25, 0.3) is 5.91 Å². The number of benzene rings is 2. The highest BCUT2D eigenvalue weighted by atomic mass is 35.5. The molecule has 2 aromatic carbocycles. The largest absolute Gasteiger partial charge is 0.496 e. The summed E-state index contributed by atoms with van der Waals surface area (Å²) in [6.07, 6.45) is -1.01. The van der Waals surface area contributed by atoms with Gasteiger partial charge in [-0.15, -0.1) is 0 Å².